The molecule has 5 aliphatic rings. The van der Waals surface area contributed by atoms with Gasteiger partial charge in [-0.1, -0.05) is 117 Å². The molecular weight excluding hydrogens is 1300 g/mol. The molecule has 5 atom stereocenters. The van der Waals surface area contributed by atoms with E-state index in [9.17, 15) is 38.7 Å². The molecule has 3 aromatic carbocycles. The Morgan fingerprint density at radius 2 is 1.23 bits per heavy atom. The molecule has 4 heterocycles. The van der Waals surface area contributed by atoms with E-state index in [0.29, 0.717) is 86.4 Å². The van der Waals surface area contributed by atoms with Crippen molar-refractivity contribution in [1.82, 2.24) is 25.8 Å². The SMILES string of the molecule is C/C=C/C1=CN2C(=O)c3cc(OC)c(OCCCOc4cc5c(cc4OC)C(=O)N4C=C(/C=C/C)C[C@H]4C=N5)cc3N(C(=O)OCc3ccc(NC(=O)[C@H](C)NC(=O)[C@@H](NC(=O)CCOCCOCCOCCOCCNC(=O)CC4=C\C=C/C=C\C=C/C=C\C=C4)C(C)C)cc3)[C@@H](O)C2C1. The molecule has 0 saturated carbocycles. The predicted molar refractivity (Wildman–Crippen MR) is 382 cm³/mol. The molecule has 1 unspecified atom stereocenters. The van der Waals surface area contributed by atoms with Crippen LogP contribution in [0.15, 0.2) is 174 Å². The Balaban J connectivity index is 0.743. The highest BCUT2D eigenvalue weighted by Crippen LogP contribution is 2.43. The van der Waals surface area contributed by atoms with Crippen LogP contribution in [-0.4, -0.2) is 180 Å². The van der Waals surface area contributed by atoms with Crippen LogP contribution in [-0.2, 0) is 49.5 Å². The molecule has 4 aliphatic heterocycles. The molecule has 0 radical (unpaired) electrons. The molecule has 0 fully saturated rings. The third-order valence-corrected chi connectivity index (χ3v) is 16.4. The van der Waals surface area contributed by atoms with E-state index in [0.717, 1.165) is 21.6 Å². The Hall–Kier alpha value is -10.2. The summed E-state index contributed by atoms with van der Waals surface area (Å²) in [7, 11) is 2.91. The molecule has 0 saturated heterocycles. The lowest BCUT2D eigenvalue weighted by Gasteiger charge is -2.31. The first-order chi connectivity index (χ1) is 49.0. The summed E-state index contributed by atoms with van der Waals surface area (Å²) < 4.78 is 51.9. The fourth-order valence-electron chi connectivity index (χ4n) is 11.2. The molecule has 3 aromatic rings. The Labute approximate surface area is 589 Å². The van der Waals surface area contributed by atoms with Crippen LogP contribution in [0.2, 0.25) is 0 Å². The number of methoxy groups -OCH3 is 2. The molecule has 0 bridgehead atoms. The summed E-state index contributed by atoms with van der Waals surface area (Å²) in [5.41, 5.74) is 4.45. The van der Waals surface area contributed by atoms with Gasteiger partial charge in [-0.25, -0.2) is 9.69 Å². The number of rotatable bonds is 35. The minimum absolute atomic E-state index is 0.0136. The number of fused-ring (bicyclic) bond motifs is 4. The number of amides is 7. The third-order valence-electron chi connectivity index (χ3n) is 16.4. The van der Waals surface area contributed by atoms with Gasteiger partial charge in [0.25, 0.3) is 11.8 Å². The smallest absolute Gasteiger partial charge is 0.416 e. The van der Waals surface area contributed by atoms with Crippen molar-refractivity contribution in [2.75, 3.05) is 97.0 Å². The first kappa shape index (κ1) is 76.6. The number of hydrogen-bond acceptors (Lipinski definition) is 18. The van der Waals surface area contributed by atoms with E-state index >= 15 is 0 Å². The fourth-order valence-corrected chi connectivity index (χ4v) is 11.2. The third kappa shape index (κ3) is 22.4. The van der Waals surface area contributed by atoms with Crippen molar-refractivity contribution in [2.24, 2.45) is 10.9 Å². The van der Waals surface area contributed by atoms with Gasteiger partial charge in [0, 0.05) is 55.8 Å². The average molecular weight is 1390 g/mol. The highest BCUT2D eigenvalue weighted by atomic mass is 16.6. The number of nitrogens with one attached hydrogen (secondary N) is 4. The maximum atomic E-state index is 14.4. The minimum Gasteiger partial charge on any atom is -0.493 e. The zero-order valence-corrected chi connectivity index (χ0v) is 58.3. The van der Waals surface area contributed by atoms with E-state index in [1.54, 1.807) is 67.6 Å². The summed E-state index contributed by atoms with van der Waals surface area (Å²) in [6, 6.07) is 9.63. The summed E-state index contributed by atoms with van der Waals surface area (Å²) in [6.07, 6.45) is 32.8. The van der Waals surface area contributed by atoms with Gasteiger partial charge in [0.2, 0.25) is 23.6 Å². The van der Waals surface area contributed by atoms with Crippen LogP contribution in [0.25, 0.3) is 0 Å². The van der Waals surface area contributed by atoms with E-state index in [2.05, 4.69) is 26.3 Å². The minimum atomic E-state index is -1.58. The normalized spacial score (nSPS) is 18.8. The Kier molecular flexibility index (Phi) is 30.0. The summed E-state index contributed by atoms with van der Waals surface area (Å²) in [4.78, 5) is 103. The van der Waals surface area contributed by atoms with Crippen molar-refractivity contribution in [2.45, 2.75) is 104 Å². The first-order valence-electron chi connectivity index (χ1n) is 33.8. The maximum Gasteiger partial charge on any atom is 0.416 e. The van der Waals surface area contributed by atoms with Gasteiger partial charge in [0.1, 0.15) is 18.7 Å². The number of carbonyl (C=O) groups excluding carboxylic acids is 7. The lowest BCUT2D eigenvalue weighted by Crippen LogP contribution is -2.53. The van der Waals surface area contributed by atoms with Crippen LogP contribution in [0, 0.1) is 5.92 Å². The van der Waals surface area contributed by atoms with Crippen LogP contribution < -0.4 is 45.1 Å². The number of nitrogens with zero attached hydrogens (tertiary/aromatic N) is 4. The number of anilines is 2. The summed E-state index contributed by atoms with van der Waals surface area (Å²) >= 11 is 0. The van der Waals surface area contributed by atoms with Gasteiger partial charge in [-0.05, 0) is 86.1 Å². The molecule has 25 nitrogen and oxygen atoms in total. The number of aliphatic imine (C=N–C) groups is 1. The number of benzene rings is 3. The first-order valence-corrected chi connectivity index (χ1v) is 33.8. The van der Waals surface area contributed by atoms with Crippen LogP contribution in [0.5, 0.6) is 23.0 Å². The highest BCUT2D eigenvalue weighted by molar-refractivity contribution is 6.07. The predicted octanol–water partition coefficient (Wildman–Crippen LogP) is 9.36. The number of allylic oxidation sites excluding steroid dienone is 15. The van der Waals surface area contributed by atoms with E-state index in [-0.39, 0.29) is 105 Å². The average Bonchev–Trinajstić information content (AvgIpc) is 1.63. The number of aliphatic hydroxyl groups excluding tert-OH is 1. The van der Waals surface area contributed by atoms with Crippen molar-refractivity contribution in [3.8, 4) is 23.0 Å². The van der Waals surface area contributed by atoms with Gasteiger partial charge in [0.15, 0.2) is 29.2 Å². The molecule has 5 N–H and O–H groups in total. The zero-order chi connectivity index (χ0) is 72.0. The lowest BCUT2D eigenvalue weighted by molar-refractivity contribution is -0.132. The van der Waals surface area contributed by atoms with Gasteiger partial charge < -0.3 is 78.8 Å². The van der Waals surface area contributed by atoms with Crippen molar-refractivity contribution >= 4 is 64.8 Å². The van der Waals surface area contributed by atoms with Gasteiger partial charge in [0.05, 0.1) is 121 Å². The molecule has 1 aliphatic carbocycles. The molecular formula is C76H92N8O17. The van der Waals surface area contributed by atoms with Crippen LogP contribution in [0.4, 0.5) is 21.9 Å². The zero-order valence-electron chi connectivity index (χ0n) is 58.3. The van der Waals surface area contributed by atoms with Crippen molar-refractivity contribution in [1.29, 1.82) is 0 Å². The van der Waals surface area contributed by atoms with E-state index < -0.39 is 54.1 Å². The van der Waals surface area contributed by atoms with Gasteiger partial charge in [-0.15, -0.1) is 0 Å². The molecule has 8 rings (SSSR count). The van der Waals surface area contributed by atoms with Crippen molar-refractivity contribution in [3.05, 3.63) is 185 Å². The monoisotopic (exact) mass is 1390 g/mol. The van der Waals surface area contributed by atoms with Crippen molar-refractivity contribution < 1.29 is 81.3 Å². The summed E-state index contributed by atoms with van der Waals surface area (Å²) in [5, 5.41) is 23.2. The van der Waals surface area contributed by atoms with Crippen LogP contribution in [0.1, 0.15) is 93.0 Å². The van der Waals surface area contributed by atoms with Gasteiger partial charge >= 0.3 is 6.09 Å². The lowest BCUT2D eigenvalue weighted by atomic mass is 10.0. The van der Waals surface area contributed by atoms with Crippen LogP contribution in [0.3, 0.4) is 0 Å². The van der Waals surface area contributed by atoms with Gasteiger partial charge in [-0.3, -0.25) is 33.8 Å². The molecule has 25 heteroatoms. The molecule has 0 spiro atoms. The largest absolute Gasteiger partial charge is 0.493 e. The Morgan fingerprint density at radius 1 is 0.644 bits per heavy atom. The second-order valence-electron chi connectivity index (χ2n) is 24.2. The highest BCUT2D eigenvalue weighted by Gasteiger charge is 2.45. The topological polar surface area (TPSA) is 293 Å². The van der Waals surface area contributed by atoms with Crippen molar-refractivity contribution in [3.63, 3.8) is 0 Å². The summed E-state index contributed by atoms with van der Waals surface area (Å²) in [5.74, 6) is -1.51. The van der Waals surface area contributed by atoms with E-state index in [1.165, 1.54) is 38.2 Å². The number of aliphatic hydroxyl groups is 1. The summed E-state index contributed by atoms with van der Waals surface area (Å²) in [6.45, 7) is 11.5. The molecule has 101 heavy (non-hydrogen) atoms. The Bertz CT molecular complexity index is 3750. The molecule has 0 aromatic heterocycles. The number of hydrogen-bond donors (Lipinski definition) is 5. The molecule has 7 amide bonds. The van der Waals surface area contributed by atoms with Gasteiger partial charge in [-0.2, -0.15) is 0 Å². The standard InChI is InChI=1S/C76H92N8O17/c1-8-20-55-40-58-47-78-61-45-66(64(93-6)43-59(61)73(89)82(58)48-55)99-30-19-31-100-67-46-62-60(44-65(67)94-7)74(90)83-49-56(21-9-2)41-63(83)75(91)84(62)76(92)101-50-54-24-26-57(27-25-54)80-71(87)52(5)79-72(88)70(51(3)4)81-68(85)28-32-95-34-36-97-38-39-98-37-35-96-33-29-77-69(86)42-53-22-17-15-13-11-10-12-14-16-18-23-53/h8-18,20-27,43-49,51-52,58,63,70,75,91H,19,28-42,50H2,1-7H3,(H,77,86)(H,79,88)(H,80,87)(H,81,85)/b11-10-,12-10?,13-11?,14-12-,15-13-,16-14?,17-15?,18-16-,20-8+,21-9+,22-17?,23-18?,53-22?,53-23?/t52-,58-,63?,70-,75-/m0/s1. The second kappa shape index (κ2) is 39.6. The second-order valence-corrected chi connectivity index (χ2v) is 24.2. The van der Waals surface area contributed by atoms with Crippen LogP contribution >= 0.6 is 0 Å². The fraction of sp³-hybridized carbons (Fsp3) is 0.395. The quantitative estimate of drug-likeness (QED) is 0.0343. The number of ether oxygens (including phenoxy) is 9. The molecule has 538 valence electrons. The van der Waals surface area contributed by atoms with E-state index in [1.807, 2.05) is 111 Å². The number of carbonyl (C=O) groups is 7. The Morgan fingerprint density at radius 3 is 1.87 bits per heavy atom. The van der Waals surface area contributed by atoms with E-state index in [4.69, 9.17) is 42.6 Å². The maximum absolute atomic E-state index is 14.4.